The highest BCUT2D eigenvalue weighted by molar-refractivity contribution is 5.78. The number of aromatic nitrogens is 1. The van der Waals surface area contributed by atoms with Crippen LogP contribution in [0.25, 0.3) is 10.9 Å². The first-order valence-corrected chi connectivity index (χ1v) is 5.02. The quantitative estimate of drug-likeness (QED) is 0.768. The number of pyridine rings is 1. The molecule has 2 rings (SSSR count). The van der Waals surface area contributed by atoms with Gasteiger partial charge in [0.25, 0.3) is 0 Å². The van der Waals surface area contributed by atoms with E-state index in [0.29, 0.717) is 0 Å². The number of benzene rings is 1. The highest BCUT2D eigenvalue weighted by Crippen LogP contribution is 2.12. The predicted octanol–water partition coefficient (Wildman–Crippen LogP) is 2.29. The Morgan fingerprint density at radius 2 is 2.07 bits per heavy atom. The van der Waals surface area contributed by atoms with Gasteiger partial charge in [0.15, 0.2) is 0 Å². The molecule has 2 nitrogen and oxygen atoms in total. The van der Waals surface area contributed by atoms with Gasteiger partial charge < -0.3 is 5.73 Å². The Labute approximate surface area is 89.4 Å². The van der Waals surface area contributed by atoms with Crippen LogP contribution >= 0.6 is 0 Å². The Bertz CT molecular complexity index is 477. The Hall–Kier alpha value is -1.67. The summed E-state index contributed by atoms with van der Waals surface area (Å²) < 4.78 is 0. The zero-order valence-electron chi connectivity index (χ0n) is 8.56. The largest absolute Gasteiger partial charge is 0.324 e. The van der Waals surface area contributed by atoms with Crippen molar-refractivity contribution in [3.05, 3.63) is 54.7 Å². The van der Waals surface area contributed by atoms with Gasteiger partial charge in [-0.15, -0.1) is 6.58 Å². The van der Waals surface area contributed by atoms with Crippen LogP contribution in [0, 0.1) is 0 Å². The van der Waals surface area contributed by atoms with E-state index in [0.717, 1.165) is 23.0 Å². The van der Waals surface area contributed by atoms with Gasteiger partial charge in [-0.05, 0) is 12.1 Å². The molecule has 1 heterocycles. The van der Waals surface area contributed by atoms with Crippen LogP contribution in [0.3, 0.4) is 0 Å². The van der Waals surface area contributed by atoms with E-state index in [1.54, 1.807) is 6.08 Å². The van der Waals surface area contributed by atoms with Crippen molar-refractivity contribution in [2.45, 2.75) is 12.5 Å². The van der Waals surface area contributed by atoms with E-state index in [-0.39, 0.29) is 6.04 Å². The van der Waals surface area contributed by atoms with Crippen molar-refractivity contribution in [2.24, 2.45) is 5.73 Å². The van der Waals surface area contributed by atoms with E-state index < -0.39 is 0 Å². The van der Waals surface area contributed by atoms with Gasteiger partial charge in [0.1, 0.15) is 0 Å². The van der Waals surface area contributed by atoms with Crippen molar-refractivity contribution in [2.75, 3.05) is 0 Å². The molecule has 0 aliphatic heterocycles. The fourth-order valence-corrected chi connectivity index (χ4v) is 1.55. The molecule has 0 aliphatic carbocycles. The number of nitrogens with two attached hydrogens (primary N) is 1. The smallest absolute Gasteiger partial charge is 0.0705 e. The summed E-state index contributed by atoms with van der Waals surface area (Å²) in [5.74, 6) is 0. The van der Waals surface area contributed by atoms with Gasteiger partial charge in [0.05, 0.1) is 5.52 Å². The van der Waals surface area contributed by atoms with Crippen molar-refractivity contribution in [3.63, 3.8) is 0 Å². The Kier molecular flexibility index (Phi) is 2.79. The molecule has 0 spiro atoms. The zero-order valence-corrected chi connectivity index (χ0v) is 8.56. The van der Waals surface area contributed by atoms with E-state index in [2.05, 4.69) is 23.7 Å². The minimum atomic E-state index is -0.0151. The molecule has 0 aliphatic rings. The van der Waals surface area contributed by atoms with E-state index in [1.807, 2.05) is 24.3 Å². The lowest BCUT2D eigenvalue weighted by molar-refractivity contribution is 0.793. The van der Waals surface area contributed by atoms with Gasteiger partial charge in [-0.1, -0.05) is 30.3 Å². The number of nitrogens with zero attached hydrogens (tertiary/aromatic N) is 1. The summed E-state index contributed by atoms with van der Waals surface area (Å²) >= 11 is 0. The molecule has 0 radical (unpaired) electrons. The standard InChI is InChI=1S/C13H14N2/c1-2-11(14)9-12-8-7-10-5-3-4-6-13(10)15-12/h2-8,11H,1,9,14H2. The van der Waals surface area contributed by atoms with E-state index in [4.69, 9.17) is 5.73 Å². The summed E-state index contributed by atoms with van der Waals surface area (Å²) in [5.41, 5.74) is 7.83. The van der Waals surface area contributed by atoms with Gasteiger partial charge in [-0.25, -0.2) is 0 Å². The topological polar surface area (TPSA) is 38.9 Å². The van der Waals surface area contributed by atoms with Crippen LogP contribution in [0.15, 0.2) is 49.1 Å². The van der Waals surface area contributed by atoms with Crippen molar-refractivity contribution in [1.29, 1.82) is 0 Å². The van der Waals surface area contributed by atoms with Crippen molar-refractivity contribution in [3.8, 4) is 0 Å². The van der Waals surface area contributed by atoms with Crippen molar-refractivity contribution >= 4 is 10.9 Å². The fraction of sp³-hybridized carbons (Fsp3) is 0.154. The summed E-state index contributed by atoms with van der Waals surface area (Å²) in [6.45, 7) is 3.67. The lowest BCUT2D eigenvalue weighted by atomic mass is 10.1. The molecule has 2 N–H and O–H groups in total. The summed E-state index contributed by atoms with van der Waals surface area (Å²) in [5, 5.41) is 1.16. The molecule has 0 saturated heterocycles. The second kappa shape index (κ2) is 4.24. The van der Waals surface area contributed by atoms with Crippen molar-refractivity contribution in [1.82, 2.24) is 4.98 Å². The zero-order chi connectivity index (χ0) is 10.7. The number of hydrogen-bond acceptors (Lipinski definition) is 2. The minimum Gasteiger partial charge on any atom is -0.324 e. The van der Waals surface area contributed by atoms with E-state index >= 15 is 0 Å². The molecule has 1 aromatic carbocycles. The normalized spacial score (nSPS) is 12.6. The van der Waals surface area contributed by atoms with Crippen molar-refractivity contribution < 1.29 is 0 Å². The second-order valence-corrected chi connectivity index (χ2v) is 3.60. The molecule has 15 heavy (non-hydrogen) atoms. The van der Waals surface area contributed by atoms with E-state index in [1.165, 1.54) is 0 Å². The van der Waals surface area contributed by atoms with Gasteiger partial charge in [0, 0.05) is 23.5 Å². The second-order valence-electron chi connectivity index (χ2n) is 3.60. The maximum absolute atomic E-state index is 5.79. The molecule has 0 amide bonds. The first-order valence-electron chi connectivity index (χ1n) is 5.02. The summed E-state index contributed by atoms with van der Waals surface area (Å²) in [6.07, 6.45) is 2.49. The number of rotatable bonds is 3. The molecule has 0 bridgehead atoms. The molecular formula is C13H14N2. The van der Waals surface area contributed by atoms with Crippen LogP contribution in [0.4, 0.5) is 0 Å². The van der Waals surface area contributed by atoms with Crippen LogP contribution in [0.5, 0.6) is 0 Å². The molecule has 0 fully saturated rings. The maximum Gasteiger partial charge on any atom is 0.0705 e. The Morgan fingerprint density at radius 3 is 2.87 bits per heavy atom. The third-order valence-corrected chi connectivity index (χ3v) is 2.40. The third kappa shape index (κ3) is 2.22. The van der Waals surface area contributed by atoms with Crippen LogP contribution in [-0.4, -0.2) is 11.0 Å². The lowest BCUT2D eigenvalue weighted by Crippen LogP contribution is -2.19. The van der Waals surface area contributed by atoms with Gasteiger partial charge in [-0.3, -0.25) is 4.98 Å². The SMILES string of the molecule is C=CC(N)Cc1ccc2ccccc2n1. The Balaban J connectivity index is 2.34. The molecule has 0 saturated carbocycles. The number of para-hydroxylation sites is 1. The number of hydrogen-bond donors (Lipinski definition) is 1. The molecule has 1 aromatic heterocycles. The van der Waals surface area contributed by atoms with Gasteiger partial charge >= 0.3 is 0 Å². The molecule has 76 valence electrons. The fourth-order valence-electron chi connectivity index (χ4n) is 1.55. The highest BCUT2D eigenvalue weighted by atomic mass is 14.7. The average molecular weight is 198 g/mol. The van der Waals surface area contributed by atoms with Crippen LogP contribution in [0.2, 0.25) is 0 Å². The van der Waals surface area contributed by atoms with E-state index in [9.17, 15) is 0 Å². The number of fused-ring (bicyclic) bond motifs is 1. The molecular weight excluding hydrogens is 184 g/mol. The van der Waals surface area contributed by atoms with Crippen LogP contribution in [-0.2, 0) is 6.42 Å². The highest BCUT2D eigenvalue weighted by Gasteiger charge is 2.01. The molecule has 2 aromatic rings. The first kappa shape index (κ1) is 9.87. The summed E-state index contributed by atoms with van der Waals surface area (Å²) in [7, 11) is 0. The van der Waals surface area contributed by atoms with Crippen LogP contribution < -0.4 is 5.73 Å². The maximum atomic E-state index is 5.79. The summed E-state index contributed by atoms with van der Waals surface area (Å²) in [4.78, 5) is 4.54. The molecule has 2 heteroatoms. The first-order chi connectivity index (χ1) is 7.29. The lowest BCUT2D eigenvalue weighted by Gasteiger charge is -2.06. The average Bonchev–Trinajstić information content (AvgIpc) is 2.29. The summed E-state index contributed by atoms with van der Waals surface area (Å²) in [6, 6.07) is 12.2. The van der Waals surface area contributed by atoms with Crippen LogP contribution in [0.1, 0.15) is 5.69 Å². The van der Waals surface area contributed by atoms with Gasteiger partial charge in [0.2, 0.25) is 0 Å². The molecule has 1 atom stereocenters. The predicted molar refractivity (Wildman–Crippen MR) is 63.6 cm³/mol. The monoisotopic (exact) mass is 198 g/mol. The minimum absolute atomic E-state index is 0.0151. The Morgan fingerprint density at radius 1 is 1.27 bits per heavy atom. The molecule has 1 unspecified atom stereocenters. The van der Waals surface area contributed by atoms with Gasteiger partial charge in [-0.2, -0.15) is 0 Å². The third-order valence-electron chi connectivity index (χ3n) is 2.40.